The van der Waals surface area contributed by atoms with Gasteiger partial charge in [0.1, 0.15) is 5.82 Å². The first-order valence-electron chi connectivity index (χ1n) is 5.78. The van der Waals surface area contributed by atoms with Crippen LogP contribution in [0.15, 0.2) is 29.2 Å². The number of aliphatic hydroxyl groups is 1. The molecule has 0 fully saturated rings. The normalized spacial score (nSPS) is 12.2. The Morgan fingerprint density at radius 2 is 2.06 bits per heavy atom. The number of rotatable bonds is 6. The first-order valence-corrected chi connectivity index (χ1v) is 6.77. The molecule has 0 aliphatic rings. The molecule has 3 nitrogen and oxygen atoms in total. The summed E-state index contributed by atoms with van der Waals surface area (Å²) in [5, 5.41) is 8.77. The minimum atomic E-state index is -0.258. The number of hydrogen-bond donors (Lipinski definition) is 1. The average Bonchev–Trinajstić information content (AvgIpc) is 2.37. The number of nitrogens with zero attached hydrogens (tertiary/aromatic N) is 1. The molecule has 0 aliphatic carbocycles. The number of halogens is 1. The summed E-state index contributed by atoms with van der Waals surface area (Å²) in [6.07, 6.45) is 0. The van der Waals surface area contributed by atoms with Crippen LogP contribution in [0.25, 0.3) is 0 Å². The third-order valence-corrected chi connectivity index (χ3v) is 3.82. The van der Waals surface area contributed by atoms with Crippen LogP contribution in [-0.2, 0) is 4.79 Å². The van der Waals surface area contributed by atoms with Crippen LogP contribution in [0.1, 0.15) is 6.92 Å². The Kier molecular flexibility index (Phi) is 6.15. The van der Waals surface area contributed by atoms with Crippen LogP contribution in [0, 0.1) is 11.7 Å². The molecule has 18 heavy (non-hydrogen) atoms. The van der Waals surface area contributed by atoms with Gasteiger partial charge in [-0.1, -0.05) is 6.92 Å². The van der Waals surface area contributed by atoms with Crippen molar-refractivity contribution in [3.63, 3.8) is 0 Å². The lowest BCUT2D eigenvalue weighted by Crippen LogP contribution is -2.34. The highest BCUT2D eigenvalue weighted by Gasteiger charge is 2.17. The first kappa shape index (κ1) is 15.0. The van der Waals surface area contributed by atoms with Crippen LogP contribution in [0.2, 0.25) is 0 Å². The Hall–Kier alpha value is -1.07. The van der Waals surface area contributed by atoms with E-state index in [0.29, 0.717) is 12.3 Å². The monoisotopic (exact) mass is 271 g/mol. The van der Waals surface area contributed by atoms with E-state index in [2.05, 4.69) is 0 Å². The molecule has 1 rings (SSSR count). The number of aliphatic hydroxyl groups excluding tert-OH is 1. The number of carbonyl (C=O) groups excluding carboxylic acids is 1. The van der Waals surface area contributed by atoms with Crippen molar-refractivity contribution in [1.82, 2.24) is 4.90 Å². The van der Waals surface area contributed by atoms with E-state index in [-0.39, 0.29) is 24.2 Å². The highest BCUT2D eigenvalue weighted by atomic mass is 32.2. The Morgan fingerprint density at radius 1 is 1.44 bits per heavy atom. The molecule has 1 aromatic rings. The number of thioether (sulfide) groups is 1. The zero-order valence-corrected chi connectivity index (χ0v) is 11.4. The molecular weight excluding hydrogens is 253 g/mol. The summed E-state index contributed by atoms with van der Waals surface area (Å²) in [6.45, 7) is 2.18. The van der Waals surface area contributed by atoms with E-state index in [4.69, 9.17) is 5.11 Å². The molecule has 1 unspecified atom stereocenters. The van der Waals surface area contributed by atoms with Crippen LogP contribution >= 0.6 is 11.8 Å². The predicted octanol–water partition coefficient (Wildman–Crippen LogP) is 2.00. The first-order chi connectivity index (χ1) is 8.54. The van der Waals surface area contributed by atoms with E-state index in [9.17, 15) is 9.18 Å². The number of hydrogen-bond acceptors (Lipinski definition) is 3. The zero-order chi connectivity index (χ0) is 13.5. The molecule has 0 heterocycles. The van der Waals surface area contributed by atoms with Gasteiger partial charge in [-0.05, 0) is 24.3 Å². The van der Waals surface area contributed by atoms with Gasteiger partial charge in [-0.2, -0.15) is 0 Å². The van der Waals surface area contributed by atoms with Gasteiger partial charge in [-0.25, -0.2) is 4.39 Å². The lowest BCUT2D eigenvalue weighted by Gasteiger charge is -2.20. The summed E-state index contributed by atoms with van der Waals surface area (Å²) in [5.74, 6) is 0.265. The molecule has 0 bridgehead atoms. The van der Waals surface area contributed by atoms with Crippen LogP contribution in [0.3, 0.4) is 0 Å². The van der Waals surface area contributed by atoms with Crippen molar-refractivity contribution >= 4 is 17.7 Å². The fraction of sp³-hybridized carbons (Fsp3) is 0.462. The van der Waals surface area contributed by atoms with Gasteiger partial charge in [0, 0.05) is 30.2 Å². The van der Waals surface area contributed by atoms with Gasteiger partial charge >= 0.3 is 0 Å². The fourth-order valence-electron chi connectivity index (χ4n) is 1.46. The van der Waals surface area contributed by atoms with E-state index in [1.54, 1.807) is 19.2 Å². The quantitative estimate of drug-likeness (QED) is 0.805. The topological polar surface area (TPSA) is 40.5 Å². The molecule has 0 spiro atoms. The van der Waals surface area contributed by atoms with Crippen molar-refractivity contribution < 1.29 is 14.3 Å². The van der Waals surface area contributed by atoms with E-state index in [0.717, 1.165) is 4.90 Å². The molecule has 0 aliphatic heterocycles. The maximum absolute atomic E-state index is 12.7. The highest BCUT2D eigenvalue weighted by molar-refractivity contribution is 7.99. The second kappa shape index (κ2) is 7.38. The largest absolute Gasteiger partial charge is 0.395 e. The molecule has 1 aromatic carbocycles. The highest BCUT2D eigenvalue weighted by Crippen LogP contribution is 2.21. The van der Waals surface area contributed by atoms with Gasteiger partial charge < -0.3 is 10.0 Å². The third kappa shape index (κ3) is 4.66. The second-order valence-electron chi connectivity index (χ2n) is 4.15. The fourth-order valence-corrected chi connectivity index (χ4v) is 2.37. The number of amides is 1. The molecule has 0 radical (unpaired) electrons. The van der Waals surface area contributed by atoms with Crippen molar-refractivity contribution in [1.29, 1.82) is 0 Å². The van der Waals surface area contributed by atoms with Crippen LogP contribution in [0.5, 0.6) is 0 Å². The predicted molar refractivity (Wildman–Crippen MR) is 71.0 cm³/mol. The SMILES string of the molecule is CC(CSc1ccc(F)cc1)C(=O)N(C)CCO. The molecule has 0 aromatic heterocycles. The van der Waals surface area contributed by atoms with Crippen molar-refractivity contribution in [2.45, 2.75) is 11.8 Å². The van der Waals surface area contributed by atoms with Crippen molar-refractivity contribution in [3.8, 4) is 0 Å². The standard InChI is InChI=1S/C13H18FNO2S/c1-10(13(17)15(2)7-8-16)9-18-12-5-3-11(14)4-6-12/h3-6,10,16H,7-9H2,1-2H3. The summed E-state index contributed by atoms with van der Waals surface area (Å²) in [5.41, 5.74) is 0. The summed E-state index contributed by atoms with van der Waals surface area (Å²) in [7, 11) is 1.68. The van der Waals surface area contributed by atoms with Crippen molar-refractivity contribution in [2.75, 3.05) is 26.0 Å². The maximum Gasteiger partial charge on any atom is 0.226 e. The van der Waals surface area contributed by atoms with Crippen LogP contribution in [-0.4, -0.2) is 41.9 Å². The molecule has 5 heteroatoms. The summed E-state index contributed by atoms with van der Waals surface area (Å²) in [6, 6.07) is 6.22. The Morgan fingerprint density at radius 3 is 2.61 bits per heavy atom. The Balaban J connectivity index is 2.43. The number of benzene rings is 1. The molecule has 0 saturated heterocycles. The number of carbonyl (C=O) groups is 1. The Labute approximate surface area is 111 Å². The lowest BCUT2D eigenvalue weighted by molar-refractivity contribution is -0.133. The minimum absolute atomic E-state index is 0.0126. The average molecular weight is 271 g/mol. The van der Waals surface area contributed by atoms with Crippen molar-refractivity contribution in [2.24, 2.45) is 5.92 Å². The molecule has 1 atom stereocenters. The third-order valence-electron chi connectivity index (χ3n) is 2.55. The van der Waals surface area contributed by atoms with E-state index in [1.165, 1.54) is 28.8 Å². The van der Waals surface area contributed by atoms with Gasteiger partial charge in [0.25, 0.3) is 0 Å². The summed E-state index contributed by atoms with van der Waals surface area (Å²) < 4.78 is 12.7. The molecule has 100 valence electrons. The summed E-state index contributed by atoms with van der Waals surface area (Å²) in [4.78, 5) is 14.3. The molecule has 0 saturated carbocycles. The Bertz CT molecular complexity index is 383. The minimum Gasteiger partial charge on any atom is -0.395 e. The lowest BCUT2D eigenvalue weighted by atomic mass is 10.2. The zero-order valence-electron chi connectivity index (χ0n) is 10.6. The van der Waals surface area contributed by atoms with E-state index < -0.39 is 0 Å². The van der Waals surface area contributed by atoms with Gasteiger partial charge in [0.05, 0.1) is 6.61 Å². The second-order valence-corrected chi connectivity index (χ2v) is 5.24. The smallest absolute Gasteiger partial charge is 0.226 e. The van der Waals surface area contributed by atoms with Gasteiger partial charge in [0.2, 0.25) is 5.91 Å². The number of likely N-dealkylation sites (N-methyl/N-ethyl adjacent to an activating group) is 1. The molecule has 1 N–H and O–H groups in total. The van der Waals surface area contributed by atoms with Crippen LogP contribution in [0.4, 0.5) is 4.39 Å². The van der Waals surface area contributed by atoms with E-state index >= 15 is 0 Å². The maximum atomic E-state index is 12.7. The van der Waals surface area contributed by atoms with Crippen molar-refractivity contribution in [3.05, 3.63) is 30.1 Å². The van der Waals surface area contributed by atoms with Gasteiger partial charge in [-0.3, -0.25) is 4.79 Å². The van der Waals surface area contributed by atoms with Gasteiger partial charge in [-0.15, -0.1) is 11.8 Å². The van der Waals surface area contributed by atoms with Crippen LogP contribution < -0.4 is 0 Å². The molecular formula is C13H18FNO2S. The summed E-state index contributed by atoms with van der Waals surface area (Å²) >= 11 is 1.52. The molecule has 1 amide bonds. The van der Waals surface area contributed by atoms with Gasteiger partial charge in [0.15, 0.2) is 0 Å². The van der Waals surface area contributed by atoms with E-state index in [1.807, 2.05) is 6.92 Å².